The number of ketones is 1. The molecule has 0 saturated carbocycles. The van der Waals surface area contributed by atoms with Crippen LogP contribution in [-0.4, -0.2) is 17.9 Å². The van der Waals surface area contributed by atoms with E-state index in [1.807, 2.05) is 0 Å². The molecule has 1 heterocycles. The van der Waals surface area contributed by atoms with Crippen molar-refractivity contribution >= 4 is 5.78 Å². The molecule has 0 bridgehead atoms. The summed E-state index contributed by atoms with van der Waals surface area (Å²) in [5.74, 6) is -1.28. The molecule has 0 spiro atoms. The Balaban J connectivity index is 1.98. The molecule has 0 radical (unpaired) electrons. The van der Waals surface area contributed by atoms with E-state index in [0.717, 1.165) is 12.1 Å². The molecule has 7 heteroatoms. The van der Waals surface area contributed by atoms with E-state index in [0.29, 0.717) is 16.9 Å². The normalized spacial score (nSPS) is 12.4. The highest BCUT2D eigenvalue weighted by molar-refractivity contribution is 5.97. The Hall–Kier alpha value is -3.22. The average Bonchev–Trinajstić information content (AvgIpc) is 2.72. The third-order valence-electron chi connectivity index (χ3n) is 4.54. The van der Waals surface area contributed by atoms with Crippen molar-refractivity contribution in [1.82, 2.24) is 4.98 Å². The van der Waals surface area contributed by atoms with Gasteiger partial charge < -0.3 is 4.74 Å². The third kappa shape index (κ3) is 4.80. The molecule has 29 heavy (non-hydrogen) atoms. The minimum atomic E-state index is -4.49. The van der Waals surface area contributed by atoms with Crippen LogP contribution < -0.4 is 4.74 Å². The molecule has 0 N–H and O–H groups in total. The summed E-state index contributed by atoms with van der Waals surface area (Å²) in [6.45, 7) is 0. The number of methoxy groups -OCH3 is 1. The number of alkyl halides is 3. The van der Waals surface area contributed by atoms with Crippen LogP contribution in [0.15, 0.2) is 66.9 Å². The largest absolute Gasteiger partial charge is 0.497 e. The monoisotopic (exact) mass is 403 g/mol. The van der Waals surface area contributed by atoms with Gasteiger partial charge in [-0.25, -0.2) is 4.39 Å². The van der Waals surface area contributed by atoms with E-state index in [9.17, 15) is 22.4 Å². The highest BCUT2D eigenvalue weighted by Gasteiger charge is 2.31. The first-order valence-corrected chi connectivity index (χ1v) is 8.74. The van der Waals surface area contributed by atoms with Gasteiger partial charge in [-0.05, 0) is 42.0 Å². The lowest BCUT2D eigenvalue weighted by Gasteiger charge is -2.18. The third-order valence-corrected chi connectivity index (χ3v) is 4.54. The molecule has 2 aromatic carbocycles. The summed E-state index contributed by atoms with van der Waals surface area (Å²) in [4.78, 5) is 16.9. The molecule has 3 nitrogen and oxygen atoms in total. The van der Waals surface area contributed by atoms with Gasteiger partial charge in [0.1, 0.15) is 11.6 Å². The number of hydrogen-bond acceptors (Lipinski definition) is 3. The number of pyridine rings is 1. The number of halogens is 4. The van der Waals surface area contributed by atoms with Gasteiger partial charge in [-0.2, -0.15) is 13.2 Å². The Labute approximate surface area is 165 Å². The summed E-state index contributed by atoms with van der Waals surface area (Å²) in [5, 5.41) is 0. The number of rotatable bonds is 6. The molecule has 3 rings (SSSR count). The van der Waals surface area contributed by atoms with Gasteiger partial charge in [-0.15, -0.1) is 0 Å². The Kier molecular flexibility index (Phi) is 5.96. The first-order chi connectivity index (χ1) is 13.8. The van der Waals surface area contributed by atoms with Crippen molar-refractivity contribution in [2.24, 2.45) is 0 Å². The highest BCUT2D eigenvalue weighted by Crippen LogP contribution is 2.34. The van der Waals surface area contributed by atoms with Crippen LogP contribution in [0.5, 0.6) is 5.75 Å². The maximum Gasteiger partial charge on any atom is 0.416 e. The van der Waals surface area contributed by atoms with E-state index in [1.54, 1.807) is 24.3 Å². The lowest BCUT2D eigenvalue weighted by molar-refractivity contribution is -0.137. The quantitative estimate of drug-likeness (QED) is 0.394. The van der Waals surface area contributed by atoms with Crippen LogP contribution >= 0.6 is 0 Å². The van der Waals surface area contributed by atoms with E-state index >= 15 is 0 Å². The van der Waals surface area contributed by atoms with Crippen LogP contribution in [0.25, 0.3) is 0 Å². The van der Waals surface area contributed by atoms with Crippen LogP contribution in [-0.2, 0) is 6.18 Å². The molecule has 0 aliphatic heterocycles. The number of aromatic nitrogens is 1. The zero-order chi connectivity index (χ0) is 21.0. The second-order valence-corrected chi connectivity index (χ2v) is 6.40. The molecular weight excluding hydrogens is 386 g/mol. The van der Waals surface area contributed by atoms with E-state index in [2.05, 4.69) is 4.98 Å². The summed E-state index contributed by atoms with van der Waals surface area (Å²) in [5.41, 5.74) is -0.0893. The topological polar surface area (TPSA) is 39.2 Å². The minimum Gasteiger partial charge on any atom is -0.497 e. The van der Waals surface area contributed by atoms with Gasteiger partial charge in [0.25, 0.3) is 0 Å². The van der Waals surface area contributed by atoms with Gasteiger partial charge in [-0.1, -0.05) is 24.3 Å². The molecule has 0 aliphatic rings. The van der Waals surface area contributed by atoms with Crippen molar-refractivity contribution in [1.29, 1.82) is 0 Å². The van der Waals surface area contributed by atoms with Gasteiger partial charge in [-0.3, -0.25) is 9.78 Å². The molecule has 0 fully saturated rings. The zero-order valence-electron chi connectivity index (χ0n) is 15.4. The number of nitrogens with zero attached hydrogens (tertiary/aromatic N) is 1. The molecular formula is C22H17F4NO2. The summed E-state index contributed by atoms with van der Waals surface area (Å²) in [6, 6.07) is 13.4. The SMILES string of the molecule is COc1cccc(C(=O)C[C@@H](c2ccc(C(F)(F)F)cc2)c2ncccc2F)c1. The molecule has 1 atom stereocenters. The van der Waals surface area contributed by atoms with Crippen LogP contribution in [0.2, 0.25) is 0 Å². The second-order valence-electron chi connectivity index (χ2n) is 6.40. The minimum absolute atomic E-state index is 0.00325. The van der Waals surface area contributed by atoms with Gasteiger partial charge in [0.15, 0.2) is 5.78 Å². The summed E-state index contributed by atoms with van der Waals surface area (Å²) in [7, 11) is 1.47. The molecule has 3 aromatic rings. The van der Waals surface area contributed by atoms with Gasteiger partial charge >= 0.3 is 6.18 Å². The smallest absolute Gasteiger partial charge is 0.416 e. The van der Waals surface area contributed by atoms with Crippen molar-refractivity contribution in [3.8, 4) is 5.75 Å². The number of Topliss-reactive ketones (excluding diaryl/α,β-unsaturated/α-hetero) is 1. The van der Waals surface area contributed by atoms with Crippen LogP contribution in [0.4, 0.5) is 17.6 Å². The lowest BCUT2D eigenvalue weighted by atomic mass is 9.88. The van der Waals surface area contributed by atoms with Crippen molar-refractivity contribution in [3.05, 3.63) is 95.1 Å². The first-order valence-electron chi connectivity index (χ1n) is 8.74. The van der Waals surface area contributed by atoms with Crippen LogP contribution in [0.3, 0.4) is 0 Å². The van der Waals surface area contributed by atoms with Crippen molar-refractivity contribution < 1.29 is 27.1 Å². The molecule has 0 aliphatic carbocycles. The predicted octanol–water partition coefficient (Wildman–Crippen LogP) is 5.65. The van der Waals surface area contributed by atoms with Gasteiger partial charge in [0.05, 0.1) is 18.4 Å². The lowest BCUT2D eigenvalue weighted by Crippen LogP contribution is -2.13. The van der Waals surface area contributed by atoms with E-state index in [4.69, 9.17) is 4.74 Å². The number of carbonyl (C=O) groups is 1. The molecule has 0 saturated heterocycles. The summed E-state index contributed by atoms with van der Waals surface area (Å²) >= 11 is 0. The molecule has 0 amide bonds. The fourth-order valence-electron chi connectivity index (χ4n) is 3.03. The number of ether oxygens (including phenoxy) is 1. The molecule has 1 aromatic heterocycles. The summed E-state index contributed by atoms with van der Waals surface area (Å²) in [6.07, 6.45) is -3.27. The highest BCUT2D eigenvalue weighted by atomic mass is 19.4. The second kappa shape index (κ2) is 8.43. The fraction of sp³-hybridized carbons (Fsp3) is 0.182. The first kappa shape index (κ1) is 20.5. The number of carbonyl (C=O) groups excluding carboxylic acids is 1. The Bertz CT molecular complexity index is 1000. The van der Waals surface area contributed by atoms with Crippen molar-refractivity contribution in [2.75, 3.05) is 7.11 Å². The Morgan fingerprint density at radius 3 is 2.41 bits per heavy atom. The molecule has 150 valence electrons. The van der Waals surface area contributed by atoms with Crippen molar-refractivity contribution in [3.63, 3.8) is 0 Å². The van der Waals surface area contributed by atoms with Gasteiger partial charge in [0.2, 0.25) is 0 Å². The van der Waals surface area contributed by atoms with Gasteiger partial charge in [0, 0.05) is 24.1 Å². The van der Waals surface area contributed by atoms with E-state index < -0.39 is 23.5 Å². The Morgan fingerprint density at radius 1 is 1.07 bits per heavy atom. The fourth-order valence-corrected chi connectivity index (χ4v) is 3.03. The van der Waals surface area contributed by atoms with E-state index in [1.165, 1.54) is 37.6 Å². The molecule has 0 unspecified atom stereocenters. The van der Waals surface area contributed by atoms with Crippen molar-refractivity contribution in [2.45, 2.75) is 18.5 Å². The number of hydrogen-bond donors (Lipinski definition) is 0. The number of benzene rings is 2. The maximum atomic E-state index is 14.4. The Morgan fingerprint density at radius 2 is 1.79 bits per heavy atom. The summed E-state index contributed by atoms with van der Waals surface area (Å²) < 4.78 is 58.1. The zero-order valence-corrected chi connectivity index (χ0v) is 15.4. The van der Waals surface area contributed by atoms with E-state index in [-0.39, 0.29) is 17.9 Å². The van der Waals surface area contributed by atoms with Crippen LogP contribution in [0.1, 0.15) is 39.5 Å². The standard InChI is InChI=1S/C22H17F4NO2/c1-29-17-5-2-4-15(12-17)20(28)13-18(21-19(23)6-3-11-27-21)14-7-9-16(10-8-14)22(24,25)26/h2-12,18H,13H2,1H3/t18-/m0/s1. The van der Waals surface area contributed by atoms with Crippen LogP contribution in [0, 0.1) is 5.82 Å². The maximum absolute atomic E-state index is 14.4. The average molecular weight is 403 g/mol. The predicted molar refractivity (Wildman–Crippen MR) is 99.4 cm³/mol.